The number of amides is 1. The van der Waals surface area contributed by atoms with Gasteiger partial charge in [0.05, 0.1) is 12.5 Å². The van der Waals surface area contributed by atoms with Gasteiger partial charge < -0.3 is 14.8 Å². The average Bonchev–Trinajstić information content (AvgIpc) is 2.70. The van der Waals surface area contributed by atoms with Crippen molar-refractivity contribution in [2.24, 2.45) is 7.05 Å². The predicted molar refractivity (Wildman–Crippen MR) is 103 cm³/mol. The zero-order chi connectivity index (χ0) is 21.0. The lowest BCUT2D eigenvalue weighted by Crippen LogP contribution is -2.30. The summed E-state index contributed by atoms with van der Waals surface area (Å²) in [7, 11) is 2.84. The molecule has 0 radical (unpaired) electrons. The maximum Gasteiger partial charge on any atom is 0.387 e. The third kappa shape index (κ3) is 4.50. The zero-order valence-electron chi connectivity index (χ0n) is 15.8. The number of ether oxygens (including phenoxy) is 2. The van der Waals surface area contributed by atoms with Crippen molar-refractivity contribution in [3.05, 3.63) is 64.1 Å². The minimum absolute atomic E-state index is 0.0722. The van der Waals surface area contributed by atoms with Crippen molar-refractivity contribution >= 4 is 16.7 Å². The number of carbonyl (C=O) groups excluding carboxylic acids is 1. The molecule has 1 heterocycles. The second kappa shape index (κ2) is 8.68. The molecule has 0 saturated carbocycles. The molecular weight excluding hydrogens is 384 g/mol. The van der Waals surface area contributed by atoms with E-state index in [4.69, 9.17) is 4.74 Å². The van der Waals surface area contributed by atoms with Gasteiger partial charge in [0, 0.05) is 19.0 Å². The van der Waals surface area contributed by atoms with Gasteiger partial charge in [-0.25, -0.2) is 4.68 Å². The summed E-state index contributed by atoms with van der Waals surface area (Å²) >= 11 is 0. The highest BCUT2D eigenvalue weighted by Crippen LogP contribution is 2.29. The van der Waals surface area contributed by atoms with Crippen LogP contribution < -0.4 is 20.3 Å². The molecule has 3 aromatic rings. The van der Waals surface area contributed by atoms with Gasteiger partial charge in [0.1, 0.15) is 0 Å². The number of nitrogens with zero attached hydrogens (tertiary/aromatic N) is 2. The van der Waals surface area contributed by atoms with E-state index in [1.54, 1.807) is 30.3 Å². The highest BCUT2D eigenvalue weighted by atomic mass is 19.3. The highest BCUT2D eigenvalue weighted by Gasteiger charge is 2.16. The third-order valence-corrected chi connectivity index (χ3v) is 4.31. The minimum atomic E-state index is -2.97. The number of alkyl halides is 2. The molecule has 0 aliphatic heterocycles. The van der Waals surface area contributed by atoms with E-state index in [-0.39, 0.29) is 29.3 Å². The summed E-state index contributed by atoms with van der Waals surface area (Å²) in [5, 5.41) is 7.67. The number of halogens is 2. The molecule has 29 heavy (non-hydrogen) atoms. The first kappa shape index (κ1) is 20.2. The number of carbonyl (C=O) groups is 1. The van der Waals surface area contributed by atoms with E-state index < -0.39 is 12.5 Å². The first-order chi connectivity index (χ1) is 13.9. The van der Waals surface area contributed by atoms with E-state index in [1.165, 1.54) is 26.3 Å². The van der Waals surface area contributed by atoms with Crippen LogP contribution in [0.3, 0.4) is 0 Å². The smallest absolute Gasteiger partial charge is 0.387 e. The molecule has 0 saturated heterocycles. The fourth-order valence-corrected chi connectivity index (χ4v) is 2.94. The van der Waals surface area contributed by atoms with Gasteiger partial charge in [-0.15, -0.1) is 0 Å². The minimum Gasteiger partial charge on any atom is -0.493 e. The van der Waals surface area contributed by atoms with Crippen molar-refractivity contribution in [2.75, 3.05) is 13.7 Å². The highest BCUT2D eigenvalue weighted by molar-refractivity contribution is 6.04. The fraction of sp³-hybridized carbons (Fsp3) is 0.250. The number of aryl methyl sites for hydroxylation is 1. The van der Waals surface area contributed by atoms with Crippen LogP contribution in [0.1, 0.15) is 16.1 Å². The molecule has 2 aromatic carbocycles. The summed E-state index contributed by atoms with van der Waals surface area (Å²) in [6.07, 6.45) is 0.374. The average molecular weight is 403 g/mol. The molecule has 0 bridgehead atoms. The Labute approximate surface area is 164 Å². The van der Waals surface area contributed by atoms with Crippen molar-refractivity contribution in [1.29, 1.82) is 0 Å². The van der Waals surface area contributed by atoms with E-state index in [1.807, 2.05) is 0 Å². The Bertz CT molecular complexity index is 1100. The van der Waals surface area contributed by atoms with Crippen LogP contribution in [-0.4, -0.2) is 36.0 Å². The molecular formula is C20H19F2N3O4. The van der Waals surface area contributed by atoms with Crippen LogP contribution in [0.15, 0.2) is 47.3 Å². The van der Waals surface area contributed by atoms with Crippen LogP contribution in [0.4, 0.5) is 8.78 Å². The van der Waals surface area contributed by atoms with Crippen LogP contribution in [0.25, 0.3) is 10.8 Å². The Hall–Kier alpha value is -3.49. The molecule has 1 amide bonds. The van der Waals surface area contributed by atoms with Gasteiger partial charge in [0.25, 0.3) is 11.5 Å². The lowest BCUT2D eigenvalue weighted by molar-refractivity contribution is -0.0512. The number of rotatable bonds is 7. The van der Waals surface area contributed by atoms with E-state index in [0.29, 0.717) is 22.8 Å². The molecule has 3 rings (SSSR count). The number of fused-ring (bicyclic) bond motifs is 1. The Balaban J connectivity index is 1.73. The van der Waals surface area contributed by atoms with Gasteiger partial charge in [0.15, 0.2) is 17.2 Å². The molecule has 0 unspecified atom stereocenters. The topological polar surface area (TPSA) is 82.5 Å². The van der Waals surface area contributed by atoms with Gasteiger partial charge >= 0.3 is 6.61 Å². The Morgan fingerprint density at radius 3 is 2.59 bits per heavy atom. The van der Waals surface area contributed by atoms with Crippen LogP contribution >= 0.6 is 0 Å². The number of hydrogen-bond acceptors (Lipinski definition) is 5. The maximum atomic E-state index is 12.6. The van der Waals surface area contributed by atoms with Crippen molar-refractivity contribution < 1.29 is 23.0 Å². The van der Waals surface area contributed by atoms with Crippen LogP contribution in [0.5, 0.6) is 11.5 Å². The summed E-state index contributed by atoms with van der Waals surface area (Å²) in [6, 6.07) is 11.4. The molecule has 7 nitrogen and oxygen atoms in total. The number of hydrogen-bond donors (Lipinski definition) is 1. The number of benzene rings is 2. The van der Waals surface area contributed by atoms with Crippen molar-refractivity contribution in [2.45, 2.75) is 13.0 Å². The Morgan fingerprint density at radius 2 is 1.90 bits per heavy atom. The second-order valence-corrected chi connectivity index (χ2v) is 6.19. The Kier molecular flexibility index (Phi) is 6.06. The number of nitrogens with one attached hydrogen (secondary N) is 1. The molecule has 1 N–H and O–H groups in total. The molecule has 0 fully saturated rings. The van der Waals surface area contributed by atoms with Gasteiger partial charge in [-0.3, -0.25) is 9.59 Å². The van der Waals surface area contributed by atoms with Crippen LogP contribution in [0.2, 0.25) is 0 Å². The quantitative estimate of drug-likeness (QED) is 0.656. The first-order valence-electron chi connectivity index (χ1n) is 8.76. The summed E-state index contributed by atoms with van der Waals surface area (Å²) < 4.78 is 35.7. The molecule has 0 aliphatic carbocycles. The van der Waals surface area contributed by atoms with E-state index in [2.05, 4.69) is 15.2 Å². The first-order valence-corrected chi connectivity index (χ1v) is 8.76. The number of methoxy groups -OCH3 is 1. The van der Waals surface area contributed by atoms with Crippen molar-refractivity contribution in [3.8, 4) is 11.5 Å². The van der Waals surface area contributed by atoms with E-state index in [0.717, 1.165) is 4.68 Å². The maximum absolute atomic E-state index is 12.6. The normalized spacial score (nSPS) is 10.9. The van der Waals surface area contributed by atoms with Gasteiger partial charge in [-0.1, -0.05) is 24.3 Å². The summed E-state index contributed by atoms with van der Waals surface area (Å²) in [6.45, 7) is -2.74. The standard InChI is InChI=1S/C20H19F2N3O4/c1-25-19(27)14-6-4-3-5-13(14)17(24-25)18(26)23-10-9-12-7-8-15(28-2)16(11-12)29-20(21)22/h3-8,11,20H,9-10H2,1-2H3,(H,23,26). The predicted octanol–water partition coefficient (Wildman–Crippen LogP) is 2.52. The molecule has 0 aliphatic rings. The van der Waals surface area contributed by atoms with Crippen LogP contribution in [0, 0.1) is 0 Å². The van der Waals surface area contributed by atoms with E-state index in [9.17, 15) is 18.4 Å². The largest absolute Gasteiger partial charge is 0.493 e. The van der Waals surface area contributed by atoms with Crippen molar-refractivity contribution in [3.63, 3.8) is 0 Å². The third-order valence-electron chi connectivity index (χ3n) is 4.31. The van der Waals surface area contributed by atoms with Crippen molar-refractivity contribution in [1.82, 2.24) is 15.1 Å². The molecule has 9 heteroatoms. The van der Waals surface area contributed by atoms with Crippen LogP contribution in [-0.2, 0) is 13.5 Å². The zero-order valence-corrected chi connectivity index (χ0v) is 15.8. The van der Waals surface area contributed by atoms with Gasteiger partial charge in [-0.05, 0) is 30.2 Å². The lowest BCUT2D eigenvalue weighted by Gasteiger charge is -2.12. The van der Waals surface area contributed by atoms with Gasteiger partial charge in [0.2, 0.25) is 0 Å². The fourth-order valence-electron chi connectivity index (χ4n) is 2.94. The second-order valence-electron chi connectivity index (χ2n) is 6.19. The number of aromatic nitrogens is 2. The van der Waals surface area contributed by atoms with E-state index >= 15 is 0 Å². The Morgan fingerprint density at radius 1 is 1.17 bits per heavy atom. The SMILES string of the molecule is COc1ccc(CCNC(=O)c2nn(C)c(=O)c3ccccc23)cc1OC(F)F. The molecule has 0 atom stereocenters. The summed E-state index contributed by atoms with van der Waals surface area (Å²) in [4.78, 5) is 24.7. The summed E-state index contributed by atoms with van der Waals surface area (Å²) in [5.41, 5.74) is 0.529. The molecule has 0 spiro atoms. The lowest BCUT2D eigenvalue weighted by atomic mass is 10.1. The summed E-state index contributed by atoms with van der Waals surface area (Å²) in [5.74, 6) is -0.314. The van der Waals surface area contributed by atoms with Gasteiger partial charge in [-0.2, -0.15) is 13.9 Å². The monoisotopic (exact) mass is 403 g/mol. The molecule has 152 valence electrons. The molecule has 1 aromatic heterocycles.